The highest BCUT2D eigenvalue weighted by Crippen LogP contribution is 2.30. The van der Waals surface area contributed by atoms with Crippen LogP contribution in [-0.4, -0.2) is 62.6 Å². The third-order valence-electron chi connectivity index (χ3n) is 4.94. The van der Waals surface area contributed by atoms with Crippen LogP contribution in [0.4, 0.5) is 31.5 Å². The molecule has 1 fully saturated rings. The molecule has 1 aliphatic rings. The van der Waals surface area contributed by atoms with Crippen molar-refractivity contribution in [1.82, 2.24) is 9.29 Å². The van der Waals surface area contributed by atoms with Crippen molar-refractivity contribution in [1.29, 1.82) is 0 Å². The first-order valence-corrected chi connectivity index (χ1v) is 12.3. The number of aryl methyl sites for hydroxylation is 1. The predicted octanol–water partition coefficient (Wildman–Crippen LogP) is 4.55. The molecule has 0 saturated carbocycles. The van der Waals surface area contributed by atoms with Crippen molar-refractivity contribution in [3.05, 3.63) is 47.1 Å². The van der Waals surface area contributed by atoms with E-state index in [2.05, 4.69) is 21.3 Å². The van der Waals surface area contributed by atoms with Crippen LogP contribution in [0.2, 0.25) is 0 Å². The molecular formula is C20H20F6N4O3S2. The number of rotatable bonds is 7. The van der Waals surface area contributed by atoms with Gasteiger partial charge in [-0.1, -0.05) is 6.58 Å². The molecule has 1 aromatic heterocycles. The Morgan fingerprint density at radius 3 is 2.29 bits per heavy atom. The van der Waals surface area contributed by atoms with Gasteiger partial charge >= 0.3 is 12.5 Å². The van der Waals surface area contributed by atoms with E-state index in [0.717, 1.165) is 35.4 Å². The van der Waals surface area contributed by atoms with Crippen LogP contribution in [-0.2, 0) is 16.4 Å². The lowest BCUT2D eigenvalue weighted by Gasteiger charge is -2.33. The Labute approximate surface area is 201 Å². The molecule has 3 rings (SSSR count). The molecule has 15 heteroatoms. The average Bonchev–Trinajstić information content (AvgIpc) is 3.13. The second kappa shape index (κ2) is 10.1. The Hall–Kier alpha value is -2.65. The number of piperazine rings is 1. The van der Waals surface area contributed by atoms with Gasteiger partial charge in [0.15, 0.2) is 5.13 Å². The van der Waals surface area contributed by atoms with Gasteiger partial charge in [0.2, 0.25) is 10.0 Å². The molecule has 1 aliphatic heterocycles. The van der Waals surface area contributed by atoms with E-state index >= 15 is 0 Å². The molecule has 0 radical (unpaired) electrons. The Bertz CT molecular complexity index is 1180. The molecule has 35 heavy (non-hydrogen) atoms. The standard InChI is InChI=1S/C20H20F6N4O3S2/c1-13-17(7-8-27-14(2)19(21,22)23)34-18(28-13)29-9-11-30(12-10-29)35(31,32)16-5-3-15(4-6-16)33-20(24,25)26/h3-6,8H,2,7,9-12H2,1H3. The summed E-state index contributed by atoms with van der Waals surface area (Å²) in [7, 11) is -3.93. The van der Waals surface area contributed by atoms with Gasteiger partial charge in [0, 0.05) is 43.7 Å². The van der Waals surface area contributed by atoms with Crippen LogP contribution in [0.15, 0.2) is 46.4 Å². The fraction of sp³-hybridized carbons (Fsp3) is 0.400. The van der Waals surface area contributed by atoms with E-state index in [9.17, 15) is 34.8 Å². The Morgan fingerprint density at radius 2 is 1.74 bits per heavy atom. The number of halogens is 6. The van der Waals surface area contributed by atoms with Crippen molar-refractivity contribution in [2.24, 2.45) is 4.99 Å². The number of ether oxygens (including phenoxy) is 1. The summed E-state index contributed by atoms with van der Waals surface area (Å²) in [6.45, 7) is 5.43. The maximum atomic E-state index is 12.9. The van der Waals surface area contributed by atoms with Crippen LogP contribution >= 0.6 is 11.3 Å². The molecule has 192 valence electrons. The number of hydrogen-bond donors (Lipinski definition) is 0. The zero-order valence-electron chi connectivity index (χ0n) is 18.2. The minimum Gasteiger partial charge on any atom is -0.406 e. The molecule has 0 atom stereocenters. The molecule has 2 heterocycles. The first-order valence-electron chi connectivity index (χ1n) is 10.0. The summed E-state index contributed by atoms with van der Waals surface area (Å²) in [6, 6.07) is 3.97. The van der Waals surface area contributed by atoms with E-state index in [1.807, 2.05) is 4.90 Å². The van der Waals surface area contributed by atoms with Gasteiger partial charge in [-0.3, -0.25) is 4.99 Å². The second-order valence-corrected chi connectivity index (χ2v) is 10.4. The minimum atomic E-state index is -4.88. The molecule has 7 nitrogen and oxygen atoms in total. The fourth-order valence-electron chi connectivity index (χ4n) is 3.13. The lowest BCUT2D eigenvalue weighted by Crippen LogP contribution is -2.48. The van der Waals surface area contributed by atoms with Gasteiger partial charge < -0.3 is 9.64 Å². The number of alkyl halides is 6. The fourth-order valence-corrected chi connectivity index (χ4v) is 5.62. The smallest absolute Gasteiger partial charge is 0.406 e. The molecule has 0 spiro atoms. The Balaban J connectivity index is 1.61. The van der Waals surface area contributed by atoms with Crippen molar-refractivity contribution < 1.29 is 39.5 Å². The van der Waals surface area contributed by atoms with Crippen molar-refractivity contribution in [2.75, 3.05) is 31.1 Å². The number of aromatic nitrogens is 1. The molecule has 0 aliphatic carbocycles. The van der Waals surface area contributed by atoms with Crippen LogP contribution in [0.3, 0.4) is 0 Å². The van der Waals surface area contributed by atoms with Crippen molar-refractivity contribution in [3.63, 3.8) is 0 Å². The van der Waals surface area contributed by atoms with Crippen LogP contribution < -0.4 is 9.64 Å². The van der Waals surface area contributed by atoms with Crippen molar-refractivity contribution >= 4 is 32.7 Å². The molecule has 2 aromatic rings. The van der Waals surface area contributed by atoms with Crippen molar-refractivity contribution in [2.45, 2.75) is 30.8 Å². The predicted molar refractivity (Wildman–Crippen MR) is 118 cm³/mol. The van der Waals surface area contributed by atoms with Crippen LogP contribution in [0.1, 0.15) is 10.6 Å². The summed E-state index contributed by atoms with van der Waals surface area (Å²) in [4.78, 5) is 10.2. The zero-order chi connectivity index (χ0) is 26.0. The summed E-state index contributed by atoms with van der Waals surface area (Å²) >= 11 is 1.28. The highest BCUT2D eigenvalue weighted by Gasteiger charge is 2.33. The average molecular weight is 543 g/mol. The first-order chi connectivity index (χ1) is 16.2. The van der Waals surface area contributed by atoms with Gasteiger partial charge in [-0.2, -0.15) is 17.5 Å². The summed E-state index contributed by atoms with van der Waals surface area (Å²) in [5.74, 6) is -0.524. The minimum absolute atomic E-state index is 0.115. The van der Waals surface area contributed by atoms with Gasteiger partial charge in [-0.25, -0.2) is 13.4 Å². The van der Waals surface area contributed by atoms with Gasteiger partial charge in [-0.05, 0) is 31.2 Å². The third-order valence-corrected chi connectivity index (χ3v) is 8.09. The van der Waals surface area contributed by atoms with Gasteiger partial charge in [-0.15, -0.1) is 24.5 Å². The maximum absolute atomic E-state index is 12.9. The van der Waals surface area contributed by atoms with Gasteiger partial charge in [0.1, 0.15) is 11.4 Å². The van der Waals surface area contributed by atoms with E-state index in [0.29, 0.717) is 23.9 Å². The zero-order valence-corrected chi connectivity index (χ0v) is 19.9. The SMILES string of the molecule is C=C(N=CCc1sc(N2CCN(S(=O)(=O)c3ccc(OC(F)(F)F)cc3)CC2)nc1C)C(F)(F)F. The molecule has 0 amide bonds. The van der Waals surface area contributed by atoms with E-state index in [4.69, 9.17) is 0 Å². The lowest BCUT2D eigenvalue weighted by molar-refractivity contribution is -0.274. The lowest BCUT2D eigenvalue weighted by atomic mass is 10.3. The van der Waals surface area contributed by atoms with Crippen molar-refractivity contribution in [3.8, 4) is 5.75 Å². The normalized spacial score (nSPS) is 16.1. The summed E-state index contributed by atoms with van der Waals surface area (Å²) in [5.41, 5.74) is -0.565. The number of aliphatic imine (C=N–C) groups is 1. The first kappa shape index (κ1) is 26.9. The van der Waals surface area contributed by atoms with Gasteiger partial charge in [0.05, 0.1) is 10.6 Å². The maximum Gasteiger partial charge on any atom is 0.573 e. The second-order valence-electron chi connectivity index (χ2n) is 7.38. The quantitative estimate of drug-likeness (QED) is 0.379. The van der Waals surface area contributed by atoms with E-state index < -0.39 is 34.0 Å². The molecule has 0 N–H and O–H groups in total. The number of nitrogens with zero attached hydrogens (tertiary/aromatic N) is 4. The largest absolute Gasteiger partial charge is 0.573 e. The van der Waals surface area contributed by atoms with Crippen LogP contribution in [0.5, 0.6) is 5.75 Å². The molecule has 0 unspecified atom stereocenters. The van der Waals surface area contributed by atoms with E-state index in [1.165, 1.54) is 15.6 Å². The monoisotopic (exact) mass is 542 g/mol. The molecular weight excluding hydrogens is 522 g/mol. The third kappa shape index (κ3) is 6.95. The number of benzene rings is 1. The highest BCUT2D eigenvalue weighted by molar-refractivity contribution is 7.89. The molecule has 1 saturated heterocycles. The van der Waals surface area contributed by atoms with E-state index in [-0.39, 0.29) is 24.4 Å². The number of allylic oxidation sites excluding steroid dienone is 1. The Kier molecular flexibility index (Phi) is 7.81. The van der Waals surface area contributed by atoms with Gasteiger partial charge in [0.25, 0.3) is 0 Å². The molecule has 1 aromatic carbocycles. The number of thiazole rings is 1. The highest BCUT2D eigenvalue weighted by atomic mass is 32.2. The summed E-state index contributed by atoms with van der Waals surface area (Å²) in [5, 5.41) is 0.603. The van der Waals surface area contributed by atoms with Crippen LogP contribution in [0, 0.1) is 6.92 Å². The molecule has 0 bridgehead atoms. The van der Waals surface area contributed by atoms with E-state index in [1.54, 1.807) is 6.92 Å². The topological polar surface area (TPSA) is 75.1 Å². The number of anilines is 1. The summed E-state index contributed by atoms with van der Waals surface area (Å²) in [6.07, 6.45) is -8.21. The number of sulfonamides is 1. The van der Waals surface area contributed by atoms with Crippen LogP contribution in [0.25, 0.3) is 0 Å². The summed E-state index contributed by atoms with van der Waals surface area (Å²) < 4.78 is 105. The number of hydrogen-bond acceptors (Lipinski definition) is 7. The Morgan fingerprint density at radius 1 is 1.14 bits per heavy atom.